The zero-order valence-corrected chi connectivity index (χ0v) is 16.9. The number of rotatable bonds is 5. The maximum Gasteiger partial charge on any atom is 0.433 e. The van der Waals surface area contributed by atoms with E-state index in [0.717, 1.165) is 19.1 Å². The minimum Gasteiger partial charge on any atom is -0.381 e. The van der Waals surface area contributed by atoms with Crippen molar-refractivity contribution in [2.45, 2.75) is 30.8 Å². The quantitative estimate of drug-likeness (QED) is 0.780. The van der Waals surface area contributed by atoms with Crippen molar-refractivity contribution in [3.63, 3.8) is 0 Å². The predicted octanol–water partition coefficient (Wildman–Crippen LogP) is 3.71. The van der Waals surface area contributed by atoms with Gasteiger partial charge in [0.2, 0.25) is 5.95 Å². The Kier molecular flexibility index (Phi) is 6.13. The number of ether oxygens (including phenoxy) is 1. The van der Waals surface area contributed by atoms with E-state index in [0.29, 0.717) is 25.3 Å². The first kappa shape index (κ1) is 21.5. The summed E-state index contributed by atoms with van der Waals surface area (Å²) in [7, 11) is -3.41. The largest absolute Gasteiger partial charge is 0.433 e. The molecule has 6 nitrogen and oxygen atoms in total. The lowest BCUT2D eigenvalue weighted by Crippen LogP contribution is -2.24. The maximum absolute atomic E-state index is 13.5. The summed E-state index contributed by atoms with van der Waals surface area (Å²) in [6.07, 6.45) is -1.92. The van der Waals surface area contributed by atoms with Crippen molar-refractivity contribution >= 4 is 15.8 Å². The Bertz CT molecular complexity index is 971. The van der Waals surface area contributed by atoms with Crippen LogP contribution in [0.5, 0.6) is 0 Å². The second kappa shape index (κ2) is 8.27. The van der Waals surface area contributed by atoms with Gasteiger partial charge in [0.1, 0.15) is 0 Å². The number of sulfone groups is 1. The Balaban J connectivity index is 1.96. The third kappa shape index (κ3) is 5.24. The number of alkyl halides is 3. The molecule has 0 saturated carbocycles. The average Bonchev–Trinajstić information content (AvgIpc) is 2.66. The van der Waals surface area contributed by atoms with Crippen molar-refractivity contribution in [1.29, 1.82) is 0 Å². The number of nitrogens with zero attached hydrogens (tertiary/aromatic N) is 2. The minimum absolute atomic E-state index is 0.0851. The van der Waals surface area contributed by atoms with E-state index in [1.165, 1.54) is 31.2 Å². The summed E-state index contributed by atoms with van der Waals surface area (Å²) in [4.78, 5) is 8.07. The highest BCUT2D eigenvalue weighted by atomic mass is 32.2. The van der Waals surface area contributed by atoms with E-state index < -0.39 is 21.7 Å². The predicted molar refractivity (Wildman–Crippen MR) is 102 cm³/mol. The molecule has 1 saturated heterocycles. The van der Waals surface area contributed by atoms with E-state index in [4.69, 9.17) is 4.74 Å². The normalized spacial score (nSPS) is 16.0. The molecule has 0 unspecified atom stereocenters. The van der Waals surface area contributed by atoms with Gasteiger partial charge in [0, 0.05) is 37.1 Å². The fraction of sp³-hybridized carbons (Fsp3) is 0.474. The molecule has 1 aliphatic rings. The SMILES string of the molecule is Cc1c(-c2ccc(S(C)(=O)=O)cc2)nc(NCC2CCOCC2)nc1C(F)(F)F. The summed E-state index contributed by atoms with van der Waals surface area (Å²) >= 11 is 0. The molecule has 10 heteroatoms. The highest BCUT2D eigenvalue weighted by Crippen LogP contribution is 2.35. The molecule has 0 radical (unpaired) electrons. The lowest BCUT2D eigenvalue weighted by atomic mass is 10.0. The first-order chi connectivity index (χ1) is 13.6. The van der Waals surface area contributed by atoms with Crippen LogP contribution in [-0.4, -0.2) is 44.4 Å². The highest BCUT2D eigenvalue weighted by Gasteiger charge is 2.36. The number of aromatic nitrogens is 2. The van der Waals surface area contributed by atoms with Crippen LogP contribution in [0.4, 0.5) is 19.1 Å². The Hall–Kier alpha value is -2.20. The average molecular weight is 429 g/mol. The first-order valence-corrected chi connectivity index (χ1v) is 11.0. The Morgan fingerprint density at radius 3 is 2.31 bits per heavy atom. The van der Waals surface area contributed by atoms with Crippen LogP contribution in [0.2, 0.25) is 0 Å². The lowest BCUT2D eigenvalue weighted by Gasteiger charge is -2.22. The Morgan fingerprint density at radius 1 is 1.14 bits per heavy atom. The smallest absolute Gasteiger partial charge is 0.381 e. The van der Waals surface area contributed by atoms with Gasteiger partial charge in [-0.05, 0) is 37.8 Å². The molecule has 2 heterocycles. The number of hydrogen-bond acceptors (Lipinski definition) is 6. The molecule has 158 valence electrons. The van der Waals surface area contributed by atoms with Crippen LogP contribution in [-0.2, 0) is 20.8 Å². The standard InChI is InChI=1S/C19H22F3N3O3S/c1-12-16(14-3-5-15(6-4-14)29(2,26)27)24-18(25-17(12)19(20,21)22)23-11-13-7-9-28-10-8-13/h3-6,13H,7-11H2,1-2H3,(H,23,24,25). The number of benzene rings is 1. The zero-order chi connectivity index (χ0) is 21.2. The van der Waals surface area contributed by atoms with Gasteiger partial charge in [-0.1, -0.05) is 12.1 Å². The summed E-state index contributed by atoms with van der Waals surface area (Å²) in [5.74, 6) is 0.178. The van der Waals surface area contributed by atoms with E-state index in [9.17, 15) is 21.6 Å². The van der Waals surface area contributed by atoms with E-state index in [1.54, 1.807) is 0 Å². The van der Waals surface area contributed by atoms with E-state index in [1.807, 2.05) is 0 Å². The van der Waals surface area contributed by atoms with Gasteiger partial charge in [-0.15, -0.1) is 0 Å². The number of hydrogen-bond donors (Lipinski definition) is 1. The topological polar surface area (TPSA) is 81.2 Å². The van der Waals surface area contributed by atoms with Gasteiger partial charge in [-0.25, -0.2) is 18.4 Å². The van der Waals surface area contributed by atoms with E-state index in [2.05, 4.69) is 15.3 Å². The van der Waals surface area contributed by atoms with Crippen LogP contribution >= 0.6 is 0 Å². The third-order valence-corrected chi connectivity index (χ3v) is 5.99. The van der Waals surface area contributed by atoms with Crippen molar-refractivity contribution in [3.8, 4) is 11.3 Å². The van der Waals surface area contributed by atoms with E-state index in [-0.39, 0.29) is 28.0 Å². The Labute approximate surface area is 167 Å². The minimum atomic E-state index is -4.64. The highest BCUT2D eigenvalue weighted by molar-refractivity contribution is 7.90. The van der Waals surface area contributed by atoms with Crippen LogP contribution in [0.1, 0.15) is 24.1 Å². The van der Waals surface area contributed by atoms with Crippen molar-refractivity contribution in [2.75, 3.05) is 31.3 Å². The molecule has 0 atom stereocenters. The van der Waals surface area contributed by atoms with Crippen LogP contribution in [0.3, 0.4) is 0 Å². The molecule has 29 heavy (non-hydrogen) atoms. The molecular weight excluding hydrogens is 407 g/mol. The van der Waals surface area contributed by atoms with Crippen LogP contribution in [0.15, 0.2) is 29.2 Å². The van der Waals surface area contributed by atoms with Gasteiger partial charge in [0.25, 0.3) is 0 Å². The van der Waals surface area contributed by atoms with Gasteiger partial charge in [-0.3, -0.25) is 0 Å². The third-order valence-electron chi connectivity index (χ3n) is 4.86. The van der Waals surface area contributed by atoms with E-state index >= 15 is 0 Å². The summed E-state index contributed by atoms with van der Waals surface area (Å²) in [5, 5.41) is 2.93. The number of nitrogens with one attached hydrogen (secondary N) is 1. The van der Waals surface area contributed by atoms with Gasteiger partial charge in [0.15, 0.2) is 15.5 Å². The molecular formula is C19H22F3N3O3S. The second-order valence-corrected chi connectivity index (χ2v) is 9.12. The first-order valence-electron chi connectivity index (χ1n) is 9.13. The van der Waals surface area contributed by atoms with Gasteiger partial charge in [-0.2, -0.15) is 13.2 Å². The van der Waals surface area contributed by atoms with Crippen molar-refractivity contribution in [2.24, 2.45) is 5.92 Å². The summed E-state index contributed by atoms with van der Waals surface area (Å²) in [6.45, 7) is 3.03. The molecule has 0 bridgehead atoms. The summed E-state index contributed by atoms with van der Waals surface area (Å²) in [6, 6.07) is 5.62. The molecule has 3 rings (SSSR count). The fourth-order valence-electron chi connectivity index (χ4n) is 3.20. The summed E-state index contributed by atoms with van der Waals surface area (Å²) < 4.78 is 69.1. The Morgan fingerprint density at radius 2 is 1.76 bits per heavy atom. The molecule has 1 fully saturated rings. The monoisotopic (exact) mass is 429 g/mol. The van der Waals surface area contributed by atoms with Crippen molar-refractivity contribution in [3.05, 3.63) is 35.5 Å². The second-order valence-electron chi connectivity index (χ2n) is 7.10. The van der Waals surface area contributed by atoms with Crippen LogP contribution in [0.25, 0.3) is 11.3 Å². The summed E-state index contributed by atoms with van der Waals surface area (Å²) in [5.41, 5.74) is -0.621. The maximum atomic E-state index is 13.5. The zero-order valence-electron chi connectivity index (χ0n) is 16.1. The molecule has 0 amide bonds. The van der Waals surface area contributed by atoms with Crippen molar-refractivity contribution in [1.82, 2.24) is 9.97 Å². The molecule has 0 spiro atoms. The van der Waals surface area contributed by atoms with Gasteiger partial charge in [0.05, 0.1) is 10.6 Å². The van der Waals surface area contributed by atoms with Crippen LogP contribution < -0.4 is 5.32 Å². The number of anilines is 1. The van der Waals surface area contributed by atoms with Gasteiger partial charge < -0.3 is 10.1 Å². The van der Waals surface area contributed by atoms with Crippen LogP contribution in [0, 0.1) is 12.8 Å². The van der Waals surface area contributed by atoms with Gasteiger partial charge >= 0.3 is 6.18 Å². The molecule has 0 aliphatic carbocycles. The molecule has 1 aliphatic heterocycles. The lowest BCUT2D eigenvalue weighted by molar-refractivity contribution is -0.141. The van der Waals surface area contributed by atoms with Crippen molar-refractivity contribution < 1.29 is 26.3 Å². The molecule has 2 aromatic rings. The molecule has 1 N–H and O–H groups in total. The molecule has 1 aromatic carbocycles. The number of halogens is 3. The molecule has 1 aromatic heterocycles. The fourth-order valence-corrected chi connectivity index (χ4v) is 3.83.